The van der Waals surface area contributed by atoms with Crippen molar-refractivity contribution in [1.82, 2.24) is 9.78 Å². The van der Waals surface area contributed by atoms with Crippen molar-refractivity contribution in [2.75, 3.05) is 11.9 Å². The normalized spacial score (nSPS) is 17.7. The van der Waals surface area contributed by atoms with Gasteiger partial charge in [0.1, 0.15) is 17.5 Å². The maximum Gasteiger partial charge on any atom is 0.143 e. The zero-order valence-electron chi connectivity index (χ0n) is 9.60. The second kappa shape index (κ2) is 4.46. The van der Waals surface area contributed by atoms with Crippen molar-refractivity contribution in [2.24, 2.45) is 0 Å². The van der Waals surface area contributed by atoms with E-state index in [1.54, 1.807) is 6.20 Å². The Morgan fingerprint density at radius 1 is 1.50 bits per heavy atom. The molecule has 0 saturated heterocycles. The molecule has 1 N–H and O–H groups in total. The van der Waals surface area contributed by atoms with Gasteiger partial charge in [-0.05, 0) is 24.1 Å². The van der Waals surface area contributed by atoms with Crippen LogP contribution >= 0.6 is 15.9 Å². The van der Waals surface area contributed by atoms with E-state index in [4.69, 9.17) is 5.26 Å². The van der Waals surface area contributed by atoms with E-state index in [2.05, 4.69) is 44.5 Å². The van der Waals surface area contributed by atoms with E-state index in [1.807, 2.05) is 16.8 Å². The van der Waals surface area contributed by atoms with E-state index in [0.717, 1.165) is 23.3 Å². The third kappa shape index (κ3) is 1.79. The number of nitrogens with one attached hydrogen (secondary N) is 1. The van der Waals surface area contributed by atoms with Crippen LogP contribution in [0.25, 0.3) is 0 Å². The van der Waals surface area contributed by atoms with Gasteiger partial charge in [0.2, 0.25) is 0 Å². The minimum atomic E-state index is 0.195. The highest BCUT2D eigenvalue weighted by Crippen LogP contribution is 2.31. The van der Waals surface area contributed by atoms with Gasteiger partial charge >= 0.3 is 0 Å². The predicted molar refractivity (Wildman–Crippen MR) is 72.3 cm³/mol. The van der Waals surface area contributed by atoms with Crippen LogP contribution in [-0.4, -0.2) is 16.3 Å². The highest BCUT2D eigenvalue weighted by Gasteiger charge is 2.24. The summed E-state index contributed by atoms with van der Waals surface area (Å²) in [6.07, 6.45) is 2.59. The lowest BCUT2D eigenvalue weighted by atomic mass is 10.0. The summed E-state index contributed by atoms with van der Waals surface area (Å²) in [6.45, 7) is 0.859. The summed E-state index contributed by atoms with van der Waals surface area (Å²) in [5.74, 6) is 0.828. The first-order chi connectivity index (χ1) is 8.79. The number of benzene rings is 1. The zero-order valence-corrected chi connectivity index (χ0v) is 11.2. The van der Waals surface area contributed by atoms with Gasteiger partial charge < -0.3 is 5.32 Å². The average molecular weight is 303 g/mol. The summed E-state index contributed by atoms with van der Waals surface area (Å²) in [6, 6.07) is 10.6. The molecule has 1 atom stereocenters. The first-order valence-corrected chi connectivity index (χ1v) is 6.56. The van der Waals surface area contributed by atoms with E-state index in [9.17, 15) is 0 Å². The molecule has 0 saturated carbocycles. The second-order valence-corrected chi connectivity index (χ2v) is 5.17. The fraction of sp³-hybridized carbons (Fsp3) is 0.231. The summed E-state index contributed by atoms with van der Waals surface area (Å²) in [4.78, 5) is 0. The Balaban J connectivity index is 2.07. The molecule has 0 aliphatic carbocycles. The third-order valence-corrected chi connectivity index (χ3v) is 3.65. The number of nitrogens with zero attached hydrogens (tertiary/aromatic N) is 3. The van der Waals surface area contributed by atoms with E-state index in [0.29, 0.717) is 5.56 Å². The fourth-order valence-corrected chi connectivity index (χ4v) is 2.74. The van der Waals surface area contributed by atoms with Gasteiger partial charge in [-0.2, -0.15) is 10.4 Å². The molecule has 2 aromatic rings. The smallest absolute Gasteiger partial charge is 0.143 e. The molecule has 1 unspecified atom stereocenters. The lowest BCUT2D eigenvalue weighted by molar-refractivity contribution is 0.481. The first-order valence-electron chi connectivity index (χ1n) is 5.76. The van der Waals surface area contributed by atoms with Crippen molar-refractivity contribution in [3.05, 3.63) is 46.1 Å². The molecule has 1 aromatic heterocycles. The largest absolute Gasteiger partial charge is 0.369 e. The van der Waals surface area contributed by atoms with Crippen LogP contribution in [0.5, 0.6) is 0 Å². The molecule has 0 amide bonds. The number of hydrogen-bond acceptors (Lipinski definition) is 3. The predicted octanol–water partition coefficient (Wildman–Crippen LogP) is 2.92. The molecule has 4 nitrogen and oxygen atoms in total. The van der Waals surface area contributed by atoms with Crippen molar-refractivity contribution >= 4 is 21.7 Å². The summed E-state index contributed by atoms with van der Waals surface area (Å²) >= 11 is 3.49. The molecule has 0 radical (unpaired) electrons. The molecule has 2 heterocycles. The molecule has 1 aromatic carbocycles. The van der Waals surface area contributed by atoms with Gasteiger partial charge in [-0.3, -0.25) is 0 Å². The Bertz CT molecular complexity index is 626. The van der Waals surface area contributed by atoms with Gasteiger partial charge in [0.25, 0.3) is 0 Å². The average Bonchev–Trinajstić information content (AvgIpc) is 2.81. The van der Waals surface area contributed by atoms with Crippen molar-refractivity contribution in [2.45, 2.75) is 12.5 Å². The van der Waals surface area contributed by atoms with Gasteiger partial charge in [0.05, 0.1) is 12.2 Å². The number of anilines is 1. The van der Waals surface area contributed by atoms with Crippen molar-refractivity contribution in [3.63, 3.8) is 0 Å². The highest BCUT2D eigenvalue weighted by molar-refractivity contribution is 9.10. The van der Waals surface area contributed by atoms with Crippen LogP contribution in [-0.2, 0) is 0 Å². The number of halogens is 1. The maximum absolute atomic E-state index is 9.03. The minimum absolute atomic E-state index is 0.195. The molecule has 0 spiro atoms. The standard InChI is InChI=1S/C13H11BrN4/c14-11-3-1-2-9(6-11)12-4-5-16-13-10(7-15)8-17-18(12)13/h1-3,6,8,12,16H,4-5H2. The Hall–Kier alpha value is -1.80. The SMILES string of the molecule is N#Cc1cnn2c1NCCC2c1cccc(Br)c1. The van der Waals surface area contributed by atoms with Crippen molar-refractivity contribution < 1.29 is 0 Å². The van der Waals surface area contributed by atoms with Crippen molar-refractivity contribution in [1.29, 1.82) is 5.26 Å². The van der Waals surface area contributed by atoms with Gasteiger partial charge in [0.15, 0.2) is 0 Å². The summed E-state index contributed by atoms with van der Waals surface area (Å²) in [5.41, 5.74) is 1.81. The molecule has 90 valence electrons. The topological polar surface area (TPSA) is 53.6 Å². The summed E-state index contributed by atoms with van der Waals surface area (Å²) in [7, 11) is 0. The van der Waals surface area contributed by atoms with Crippen LogP contribution in [0.15, 0.2) is 34.9 Å². The Morgan fingerprint density at radius 2 is 2.39 bits per heavy atom. The molecule has 18 heavy (non-hydrogen) atoms. The molecule has 1 aliphatic rings. The molecule has 3 rings (SSSR count). The molecule has 1 aliphatic heterocycles. The van der Waals surface area contributed by atoms with Crippen LogP contribution in [0.4, 0.5) is 5.82 Å². The number of aromatic nitrogens is 2. The van der Waals surface area contributed by atoms with E-state index in [1.165, 1.54) is 5.56 Å². The molecule has 0 bridgehead atoms. The first kappa shape index (κ1) is 11.3. The lowest BCUT2D eigenvalue weighted by Gasteiger charge is -2.26. The number of fused-ring (bicyclic) bond motifs is 1. The summed E-state index contributed by atoms with van der Waals surface area (Å²) in [5, 5.41) is 16.6. The third-order valence-electron chi connectivity index (χ3n) is 3.15. The highest BCUT2D eigenvalue weighted by atomic mass is 79.9. The Kier molecular flexibility index (Phi) is 2.80. The number of hydrogen-bond donors (Lipinski definition) is 1. The zero-order chi connectivity index (χ0) is 12.5. The van der Waals surface area contributed by atoms with Crippen LogP contribution in [0.1, 0.15) is 23.6 Å². The van der Waals surface area contributed by atoms with Crippen LogP contribution in [0.3, 0.4) is 0 Å². The van der Waals surface area contributed by atoms with E-state index >= 15 is 0 Å². The molecule has 0 fully saturated rings. The number of nitriles is 1. The molecule has 5 heteroatoms. The van der Waals surface area contributed by atoms with Crippen LogP contribution in [0.2, 0.25) is 0 Å². The van der Waals surface area contributed by atoms with E-state index < -0.39 is 0 Å². The molecular weight excluding hydrogens is 292 g/mol. The van der Waals surface area contributed by atoms with Crippen LogP contribution in [0, 0.1) is 11.3 Å². The monoisotopic (exact) mass is 302 g/mol. The van der Waals surface area contributed by atoms with Crippen molar-refractivity contribution in [3.8, 4) is 6.07 Å². The van der Waals surface area contributed by atoms with Gasteiger partial charge in [-0.25, -0.2) is 4.68 Å². The van der Waals surface area contributed by atoms with E-state index in [-0.39, 0.29) is 6.04 Å². The van der Waals surface area contributed by atoms with Gasteiger partial charge in [0, 0.05) is 11.0 Å². The maximum atomic E-state index is 9.03. The van der Waals surface area contributed by atoms with Gasteiger partial charge in [-0.1, -0.05) is 28.1 Å². The van der Waals surface area contributed by atoms with Gasteiger partial charge in [-0.15, -0.1) is 0 Å². The fourth-order valence-electron chi connectivity index (χ4n) is 2.33. The second-order valence-electron chi connectivity index (χ2n) is 4.25. The number of rotatable bonds is 1. The Labute approximate surface area is 113 Å². The van der Waals surface area contributed by atoms with Crippen LogP contribution < -0.4 is 5.32 Å². The quantitative estimate of drug-likeness (QED) is 0.881. The molecular formula is C13H11BrN4. The Morgan fingerprint density at radius 3 is 3.17 bits per heavy atom. The lowest BCUT2D eigenvalue weighted by Crippen LogP contribution is -2.24. The summed E-state index contributed by atoms with van der Waals surface area (Å²) < 4.78 is 2.97. The minimum Gasteiger partial charge on any atom is -0.369 e.